The normalized spacial score (nSPS) is 13.1. The number of ether oxygens (including phenoxy) is 2. The predicted molar refractivity (Wildman–Crippen MR) is 121 cm³/mol. The van der Waals surface area contributed by atoms with Gasteiger partial charge in [-0.1, -0.05) is 11.6 Å². The summed E-state index contributed by atoms with van der Waals surface area (Å²) in [4.78, 5) is 60.1. The predicted octanol–water partition coefficient (Wildman–Crippen LogP) is 3.93. The van der Waals surface area contributed by atoms with Crippen LogP contribution in [0.1, 0.15) is 31.1 Å². The summed E-state index contributed by atoms with van der Waals surface area (Å²) >= 11 is 6.06. The zero-order valence-electron chi connectivity index (χ0n) is 17.3. The van der Waals surface area contributed by atoms with E-state index >= 15 is 0 Å². The Kier molecular flexibility index (Phi) is 6.33. The first kappa shape index (κ1) is 22.6. The van der Waals surface area contributed by atoms with Crippen molar-refractivity contribution in [2.75, 3.05) is 4.90 Å². The number of hydrogen-bond acceptors (Lipinski definition) is 7. The second-order valence-corrected chi connectivity index (χ2v) is 7.38. The molecule has 0 aromatic heterocycles. The Hall–Kier alpha value is -4.56. The molecule has 8 nitrogen and oxygen atoms in total. The number of aldehydes is 2. The van der Waals surface area contributed by atoms with Crippen LogP contribution in [0.4, 0.5) is 5.69 Å². The van der Waals surface area contributed by atoms with Crippen LogP contribution < -0.4 is 14.4 Å². The third-order valence-corrected chi connectivity index (χ3v) is 5.14. The topological polar surface area (TPSA) is 107 Å². The van der Waals surface area contributed by atoms with E-state index in [9.17, 15) is 24.0 Å². The number of anilines is 1. The maximum atomic E-state index is 12.8. The van der Waals surface area contributed by atoms with Crippen LogP contribution in [0.2, 0.25) is 0 Å². The fourth-order valence-electron chi connectivity index (χ4n) is 3.07. The first-order valence-electron chi connectivity index (χ1n) is 9.80. The molecule has 4 rings (SSSR count). The van der Waals surface area contributed by atoms with Gasteiger partial charge in [-0.3, -0.25) is 19.2 Å². The molecule has 0 N–H and O–H groups in total. The van der Waals surface area contributed by atoms with Crippen molar-refractivity contribution in [3.8, 4) is 11.5 Å². The third kappa shape index (κ3) is 4.48. The standard InChI is InChI=1S/C25H14ClNO7/c26-21-22(33-19-9-1-15(13-28)2-10-19)24(31)27(23(21)30)18-7-5-17(6-8-18)25(32)34-20-11-3-16(14-29)4-12-20/h1-14H. The zero-order chi connectivity index (χ0) is 24.2. The lowest BCUT2D eigenvalue weighted by Gasteiger charge is -2.15. The molecule has 1 aliphatic rings. The number of amides is 2. The molecule has 3 aromatic rings. The van der Waals surface area contributed by atoms with Crippen molar-refractivity contribution >= 4 is 47.6 Å². The number of carbonyl (C=O) groups excluding carboxylic acids is 5. The summed E-state index contributed by atoms with van der Waals surface area (Å²) in [5, 5.41) is -0.397. The lowest BCUT2D eigenvalue weighted by atomic mass is 10.2. The molecule has 0 bridgehead atoms. The number of esters is 1. The van der Waals surface area contributed by atoms with Gasteiger partial charge >= 0.3 is 11.9 Å². The van der Waals surface area contributed by atoms with Crippen molar-refractivity contribution in [3.63, 3.8) is 0 Å². The van der Waals surface area contributed by atoms with E-state index in [0.717, 1.165) is 4.90 Å². The molecular formula is C25H14ClNO7. The van der Waals surface area contributed by atoms with E-state index in [2.05, 4.69) is 0 Å². The molecule has 9 heteroatoms. The van der Waals surface area contributed by atoms with E-state index in [1.54, 1.807) is 0 Å². The number of benzene rings is 3. The molecule has 0 spiro atoms. The Balaban J connectivity index is 1.48. The summed E-state index contributed by atoms with van der Waals surface area (Å²) in [7, 11) is 0. The van der Waals surface area contributed by atoms with Gasteiger partial charge in [0.25, 0.3) is 5.91 Å². The molecular weight excluding hydrogens is 462 g/mol. The van der Waals surface area contributed by atoms with Gasteiger partial charge in [0.1, 0.15) is 24.1 Å². The monoisotopic (exact) mass is 475 g/mol. The summed E-state index contributed by atoms with van der Waals surface area (Å²) < 4.78 is 10.7. The lowest BCUT2D eigenvalue weighted by molar-refractivity contribution is -0.121. The average Bonchev–Trinajstić information content (AvgIpc) is 3.08. The SMILES string of the molecule is O=Cc1ccc(OC(=O)c2ccc(N3C(=O)C(Cl)=C(Oc4ccc(C=O)cc4)C3=O)cc2)cc1. The van der Waals surface area contributed by atoms with Crippen molar-refractivity contribution in [2.24, 2.45) is 0 Å². The Labute approximate surface area is 198 Å². The van der Waals surface area contributed by atoms with Crippen molar-refractivity contribution in [3.05, 3.63) is 100 Å². The van der Waals surface area contributed by atoms with Gasteiger partial charge in [-0.15, -0.1) is 0 Å². The summed E-state index contributed by atoms with van der Waals surface area (Å²) in [6.07, 6.45) is 1.33. The maximum absolute atomic E-state index is 12.8. The van der Waals surface area contributed by atoms with Crippen molar-refractivity contribution in [1.29, 1.82) is 0 Å². The van der Waals surface area contributed by atoms with Gasteiger partial charge in [-0.05, 0) is 72.8 Å². The largest absolute Gasteiger partial charge is 0.450 e. The maximum Gasteiger partial charge on any atom is 0.343 e. The van der Waals surface area contributed by atoms with E-state index in [-0.39, 0.29) is 28.5 Å². The fourth-order valence-corrected chi connectivity index (χ4v) is 3.27. The highest BCUT2D eigenvalue weighted by Crippen LogP contribution is 2.31. The molecule has 3 aromatic carbocycles. The van der Waals surface area contributed by atoms with Crippen LogP contribution in [0.3, 0.4) is 0 Å². The second-order valence-electron chi connectivity index (χ2n) is 7.00. The molecule has 1 heterocycles. The second kappa shape index (κ2) is 9.51. The van der Waals surface area contributed by atoms with Crippen LogP contribution in [0.5, 0.6) is 11.5 Å². The Morgan fingerprint density at radius 1 is 0.735 bits per heavy atom. The number of nitrogens with zero attached hydrogens (tertiary/aromatic N) is 1. The summed E-state index contributed by atoms with van der Waals surface area (Å²) in [6, 6.07) is 17.5. The minimum atomic E-state index is -0.781. The molecule has 0 unspecified atom stereocenters. The molecule has 168 valence electrons. The van der Waals surface area contributed by atoms with E-state index in [1.165, 1.54) is 72.8 Å². The van der Waals surface area contributed by atoms with E-state index < -0.39 is 22.8 Å². The minimum absolute atomic E-state index is 0.174. The first-order valence-corrected chi connectivity index (χ1v) is 10.2. The summed E-state index contributed by atoms with van der Waals surface area (Å²) in [5.74, 6) is -2.10. The van der Waals surface area contributed by atoms with Gasteiger partial charge in [0.2, 0.25) is 5.76 Å². The third-order valence-electron chi connectivity index (χ3n) is 4.81. The van der Waals surface area contributed by atoms with Crippen LogP contribution in [-0.2, 0) is 9.59 Å². The van der Waals surface area contributed by atoms with Gasteiger partial charge in [-0.2, -0.15) is 0 Å². The smallest absolute Gasteiger partial charge is 0.343 e. The first-order chi connectivity index (χ1) is 16.4. The fraction of sp³-hybridized carbons (Fsp3) is 0. The molecule has 0 atom stereocenters. The van der Waals surface area contributed by atoms with Crippen LogP contribution in [0.25, 0.3) is 0 Å². The van der Waals surface area contributed by atoms with Crippen molar-refractivity contribution in [1.82, 2.24) is 0 Å². The van der Waals surface area contributed by atoms with Gasteiger partial charge in [-0.25, -0.2) is 9.69 Å². The molecule has 0 radical (unpaired) electrons. The average molecular weight is 476 g/mol. The molecule has 2 amide bonds. The number of imide groups is 1. The molecule has 0 aliphatic carbocycles. The van der Waals surface area contributed by atoms with E-state index in [4.69, 9.17) is 21.1 Å². The van der Waals surface area contributed by atoms with Crippen LogP contribution in [-0.4, -0.2) is 30.4 Å². The van der Waals surface area contributed by atoms with Crippen molar-refractivity contribution in [2.45, 2.75) is 0 Å². The summed E-state index contributed by atoms with van der Waals surface area (Å²) in [6.45, 7) is 0. The lowest BCUT2D eigenvalue weighted by Crippen LogP contribution is -2.32. The molecule has 1 aliphatic heterocycles. The highest BCUT2D eigenvalue weighted by molar-refractivity contribution is 6.52. The number of halogens is 1. The Morgan fingerprint density at radius 3 is 1.79 bits per heavy atom. The summed E-state index contributed by atoms with van der Waals surface area (Å²) in [5.41, 5.74) is 1.21. The highest BCUT2D eigenvalue weighted by Gasteiger charge is 2.40. The zero-order valence-corrected chi connectivity index (χ0v) is 18.0. The van der Waals surface area contributed by atoms with Gasteiger partial charge in [0, 0.05) is 11.1 Å². The molecule has 0 saturated carbocycles. The minimum Gasteiger partial charge on any atom is -0.450 e. The Bertz CT molecular complexity index is 1330. The van der Waals surface area contributed by atoms with Crippen LogP contribution >= 0.6 is 11.6 Å². The molecule has 34 heavy (non-hydrogen) atoms. The van der Waals surface area contributed by atoms with Gasteiger partial charge in [0.15, 0.2) is 5.03 Å². The van der Waals surface area contributed by atoms with Crippen molar-refractivity contribution < 1.29 is 33.4 Å². The van der Waals surface area contributed by atoms with E-state index in [1.807, 2.05) is 0 Å². The van der Waals surface area contributed by atoms with E-state index in [0.29, 0.717) is 23.7 Å². The number of carbonyl (C=O) groups is 5. The van der Waals surface area contributed by atoms with Gasteiger partial charge < -0.3 is 9.47 Å². The molecule has 0 fully saturated rings. The quantitative estimate of drug-likeness (QED) is 0.220. The number of rotatable bonds is 7. The van der Waals surface area contributed by atoms with Gasteiger partial charge in [0.05, 0.1) is 11.3 Å². The number of hydrogen-bond donors (Lipinski definition) is 0. The Morgan fingerprint density at radius 2 is 1.26 bits per heavy atom. The van der Waals surface area contributed by atoms with Crippen LogP contribution in [0, 0.1) is 0 Å². The highest BCUT2D eigenvalue weighted by atomic mass is 35.5. The molecule has 0 saturated heterocycles. The van der Waals surface area contributed by atoms with Crippen LogP contribution in [0.15, 0.2) is 83.6 Å².